The summed E-state index contributed by atoms with van der Waals surface area (Å²) in [6.07, 6.45) is 4.26. The van der Waals surface area contributed by atoms with Gasteiger partial charge in [0.05, 0.1) is 12.7 Å². The minimum absolute atomic E-state index is 0.869. The van der Waals surface area contributed by atoms with Crippen LogP contribution < -0.4 is 5.32 Å². The molecule has 3 nitrogen and oxygen atoms in total. The summed E-state index contributed by atoms with van der Waals surface area (Å²) < 4.78 is 2.17. The van der Waals surface area contributed by atoms with Crippen molar-refractivity contribution in [3.63, 3.8) is 0 Å². The van der Waals surface area contributed by atoms with E-state index in [4.69, 9.17) is 0 Å². The lowest BCUT2D eigenvalue weighted by Crippen LogP contribution is -2.14. The van der Waals surface area contributed by atoms with Crippen LogP contribution in [0.4, 0.5) is 0 Å². The number of aryl methyl sites for hydroxylation is 1. The summed E-state index contributed by atoms with van der Waals surface area (Å²) in [6.45, 7) is 9.31. The lowest BCUT2D eigenvalue weighted by molar-refractivity contribution is 0.628. The van der Waals surface area contributed by atoms with Crippen LogP contribution in [0.15, 0.2) is 30.5 Å². The smallest absolute Gasteiger partial charge is 0.0665 e. The van der Waals surface area contributed by atoms with Crippen molar-refractivity contribution in [2.45, 2.75) is 46.7 Å². The van der Waals surface area contributed by atoms with E-state index in [1.807, 2.05) is 6.20 Å². The molecule has 3 heteroatoms. The molecule has 0 radical (unpaired) electrons. The number of rotatable bonds is 7. The van der Waals surface area contributed by atoms with Crippen LogP contribution in [0.3, 0.4) is 0 Å². The van der Waals surface area contributed by atoms with Crippen LogP contribution in [0.5, 0.6) is 0 Å². The Morgan fingerprint density at radius 3 is 2.65 bits per heavy atom. The van der Waals surface area contributed by atoms with Gasteiger partial charge in [-0.1, -0.05) is 44.5 Å². The number of benzene rings is 1. The largest absolute Gasteiger partial charge is 0.313 e. The molecule has 2 aromatic rings. The van der Waals surface area contributed by atoms with Gasteiger partial charge in [-0.25, -0.2) is 0 Å². The van der Waals surface area contributed by atoms with E-state index >= 15 is 0 Å². The standard InChI is InChI=1S/C17H25N3/c1-4-8-17-16(11-18-5-2)12-19-20(17)13-15-10-7-6-9-14(15)3/h6-7,9-10,12,18H,4-5,8,11,13H2,1-3H3. The van der Waals surface area contributed by atoms with Crippen molar-refractivity contribution in [3.05, 3.63) is 52.8 Å². The molecule has 0 amide bonds. The van der Waals surface area contributed by atoms with E-state index in [0.717, 1.165) is 32.5 Å². The zero-order valence-electron chi connectivity index (χ0n) is 12.8. The first-order valence-electron chi connectivity index (χ1n) is 7.55. The molecule has 0 saturated heterocycles. The average molecular weight is 271 g/mol. The second kappa shape index (κ2) is 7.25. The van der Waals surface area contributed by atoms with E-state index in [-0.39, 0.29) is 0 Å². The van der Waals surface area contributed by atoms with Gasteiger partial charge < -0.3 is 5.32 Å². The fourth-order valence-corrected chi connectivity index (χ4v) is 2.47. The Morgan fingerprint density at radius 1 is 1.15 bits per heavy atom. The molecule has 108 valence electrons. The normalized spacial score (nSPS) is 10.9. The highest BCUT2D eigenvalue weighted by molar-refractivity contribution is 5.27. The molecule has 0 bridgehead atoms. The third-order valence-corrected chi connectivity index (χ3v) is 3.67. The molecule has 2 rings (SSSR count). The maximum absolute atomic E-state index is 4.60. The zero-order chi connectivity index (χ0) is 14.4. The van der Waals surface area contributed by atoms with Crippen molar-refractivity contribution in [2.75, 3.05) is 6.54 Å². The monoisotopic (exact) mass is 271 g/mol. The van der Waals surface area contributed by atoms with Crippen LogP contribution in [0.1, 0.15) is 42.7 Å². The molecule has 0 aliphatic rings. The number of nitrogens with zero attached hydrogens (tertiary/aromatic N) is 2. The van der Waals surface area contributed by atoms with Crippen molar-refractivity contribution in [2.24, 2.45) is 0 Å². The molecule has 0 spiro atoms. The second-order valence-electron chi connectivity index (χ2n) is 5.23. The van der Waals surface area contributed by atoms with Gasteiger partial charge in [0, 0.05) is 17.8 Å². The van der Waals surface area contributed by atoms with E-state index < -0.39 is 0 Å². The summed E-state index contributed by atoms with van der Waals surface area (Å²) in [6, 6.07) is 8.55. The van der Waals surface area contributed by atoms with E-state index in [9.17, 15) is 0 Å². The van der Waals surface area contributed by atoms with Gasteiger partial charge in [-0.3, -0.25) is 4.68 Å². The lowest BCUT2D eigenvalue weighted by Gasteiger charge is -2.11. The number of hydrogen-bond acceptors (Lipinski definition) is 2. The third-order valence-electron chi connectivity index (χ3n) is 3.67. The maximum atomic E-state index is 4.60. The van der Waals surface area contributed by atoms with Crippen molar-refractivity contribution in [3.8, 4) is 0 Å². The Labute approximate surface area is 122 Å². The maximum Gasteiger partial charge on any atom is 0.0665 e. The van der Waals surface area contributed by atoms with Crippen molar-refractivity contribution in [1.82, 2.24) is 15.1 Å². The Hall–Kier alpha value is -1.61. The van der Waals surface area contributed by atoms with Gasteiger partial charge in [-0.15, -0.1) is 0 Å². The molecule has 1 N–H and O–H groups in total. The van der Waals surface area contributed by atoms with E-state index in [0.29, 0.717) is 0 Å². The molecule has 1 heterocycles. The van der Waals surface area contributed by atoms with Crippen molar-refractivity contribution >= 4 is 0 Å². The quantitative estimate of drug-likeness (QED) is 0.837. The molecule has 0 unspecified atom stereocenters. The fourth-order valence-electron chi connectivity index (χ4n) is 2.47. The molecular formula is C17H25N3. The lowest BCUT2D eigenvalue weighted by atomic mass is 10.1. The minimum Gasteiger partial charge on any atom is -0.313 e. The van der Waals surface area contributed by atoms with Crippen LogP contribution >= 0.6 is 0 Å². The number of aromatic nitrogens is 2. The van der Waals surface area contributed by atoms with E-state index in [1.54, 1.807) is 0 Å². The molecule has 0 aliphatic carbocycles. The predicted molar refractivity (Wildman–Crippen MR) is 83.9 cm³/mol. The topological polar surface area (TPSA) is 29.9 Å². The predicted octanol–water partition coefficient (Wildman–Crippen LogP) is 3.30. The van der Waals surface area contributed by atoms with Crippen LogP contribution in [0, 0.1) is 6.92 Å². The number of hydrogen-bond donors (Lipinski definition) is 1. The van der Waals surface area contributed by atoms with Crippen LogP contribution in [-0.4, -0.2) is 16.3 Å². The Bertz CT molecular complexity index is 543. The molecular weight excluding hydrogens is 246 g/mol. The van der Waals surface area contributed by atoms with Gasteiger partial charge in [0.1, 0.15) is 0 Å². The van der Waals surface area contributed by atoms with E-state index in [2.05, 4.69) is 60.1 Å². The summed E-state index contributed by atoms with van der Waals surface area (Å²) in [5, 5.41) is 8.00. The highest BCUT2D eigenvalue weighted by atomic mass is 15.3. The third kappa shape index (κ3) is 3.48. The van der Waals surface area contributed by atoms with Gasteiger partial charge in [-0.2, -0.15) is 5.10 Å². The van der Waals surface area contributed by atoms with Gasteiger partial charge in [0.15, 0.2) is 0 Å². The molecule has 0 saturated carbocycles. The highest BCUT2D eigenvalue weighted by Crippen LogP contribution is 2.15. The van der Waals surface area contributed by atoms with Gasteiger partial charge in [0.25, 0.3) is 0 Å². The van der Waals surface area contributed by atoms with Gasteiger partial charge >= 0.3 is 0 Å². The summed E-state index contributed by atoms with van der Waals surface area (Å²) in [4.78, 5) is 0. The molecule has 0 atom stereocenters. The van der Waals surface area contributed by atoms with Crippen LogP contribution in [0.2, 0.25) is 0 Å². The van der Waals surface area contributed by atoms with Crippen LogP contribution in [-0.2, 0) is 19.5 Å². The second-order valence-corrected chi connectivity index (χ2v) is 5.23. The first-order valence-corrected chi connectivity index (χ1v) is 7.55. The first kappa shape index (κ1) is 14.8. The minimum atomic E-state index is 0.869. The summed E-state index contributed by atoms with van der Waals surface area (Å²) >= 11 is 0. The molecule has 0 fully saturated rings. The SMILES string of the molecule is CCCc1c(CNCC)cnn1Cc1ccccc1C. The van der Waals surface area contributed by atoms with Crippen molar-refractivity contribution < 1.29 is 0 Å². The van der Waals surface area contributed by atoms with Gasteiger partial charge in [0.2, 0.25) is 0 Å². The molecule has 1 aromatic carbocycles. The molecule has 0 aliphatic heterocycles. The zero-order valence-corrected chi connectivity index (χ0v) is 12.8. The number of nitrogens with one attached hydrogen (secondary N) is 1. The fraction of sp³-hybridized carbons (Fsp3) is 0.471. The van der Waals surface area contributed by atoms with Gasteiger partial charge in [-0.05, 0) is 31.0 Å². The van der Waals surface area contributed by atoms with Crippen LogP contribution in [0.25, 0.3) is 0 Å². The summed E-state index contributed by atoms with van der Waals surface area (Å²) in [7, 11) is 0. The molecule has 20 heavy (non-hydrogen) atoms. The average Bonchev–Trinajstić information content (AvgIpc) is 2.82. The Balaban J connectivity index is 2.22. The molecule has 1 aromatic heterocycles. The van der Waals surface area contributed by atoms with Crippen molar-refractivity contribution in [1.29, 1.82) is 0 Å². The Kier molecular flexibility index (Phi) is 5.36. The van der Waals surface area contributed by atoms with E-state index in [1.165, 1.54) is 22.4 Å². The summed E-state index contributed by atoms with van der Waals surface area (Å²) in [5.74, 6) is 0. The highest BCUT2D eigenvalue weighted by Gasteiger charge is 2.10. The Morgan fingerprint density at radius 2 is 1.95 bits per heavy atom. The first-order chi connectivity index (χ1) is 9.76. The summed E-state index contributed by atoms with van der Waals surface area (Å²) in [5.41, 5.74) is 5.39.